The molecule has 0 spiro atoms. The number of nitrogens with one attached hydrogen (secondary N) is 1. The zero-order valence-corrected chi connectivity index (χ0v) is 12.2. The minimum atomic E-state index is -0.183. The Bertz CT molecular complexity index is 783. The first-order valence-electron chi connectivity index (χ1n) is 6.98. The first-order chi connectivity index (χ1) is 10.7. The molecule has 3 aromatic rings. The average molecular weight is 289 g/mol. The molecule has 108 valence electrons. The quantitative estimate of drug-likeness (QED) is 0.799. The average Bonchev–Trinajstić information content (AvgIpc) is 2.56. The van der Waals surface area contributed by atoms with Crippen molar-refractivity contribution in [2.24, 2.45) is 0 Å². The highest BCUT2D eigenvalue weighted by molar-refractivity contribution is 6.04. The Hall–Kier alpha value is -3.01. The van der Waals surface area contributed by atoms with Crippen LogP contribution in [0.1, 0.15) is 16.1 Å². The highest BCUT2D eigenvalue weighted by Gasteiger charge is 2.07. The lowest BCUT2D eigenvalue weighted by Crippen LogP contribution is -2.12. The number of rotatable bonds is 3. The second-order valence-corrected chi connectivity index (χ2v) is 4.94. The van der Waals surface area contributed by atoms with Gasteiger partial charge in [-0.25, -0.2) is 0 Å². The molecule has 4 heteroatoms. The van der Waals surface area contributed by atoms with Crippen LogP contribution in [0.15, 0.2) is 67.0 Å². The van der Waals surface area contributed by atoms with E-state index in [1.807, 2.05) is 49.4 Å². The minimum Gasteiger partial charge on any atom is -0.322 e. The van der Waals surface area contributed by atoms with Crippen molar-refractivity contribution >= 4 is 11.6 Å². The molecule has 22 heavy (non-hydrogen) atoms. The van der Waals surface area contributed by atoms with Crippen molar-refractivity contribution in [3.63, 3.8) is 0 Å². The summed E-state index contributed by atoms with van der Waals surface area (Å²) in [5.41, 5.74) is 3.98. The van der Waals surface area contributed by atoms with Gasteiger partial charge in [-0.1, -0.05) is 30.3 Å². The molecular weight excluding hydrogens is 274 g/mol. The number of amides is 1. The van der Waals surface area contributed by atoms with Gasteiger partial charge in [0.25, 0.3) is 5.91 Å². The standard InChI is InChI=1S/C18H15N3O/c1-13-11-16(9-10-19-13)21-18(22)15-7-8-17(20-12-15)14-5-3-2-4-6-14/h2-12H,1H3,(H,19,21,22). The van der Waals surface area contributed by atoms with Crippen LogP contribution in [0.2, 0.25) is 0 Å². The molecule has 1 N–H and O–H groups in total. The van der Waals surface area contributed by atoms with Crippen LogP contribution in [-0.2, 0) is 0 Å². The maximum atomic E-state index is 12.2. The molecule has 0 radical (unpaired) electrons. The van der Waals surface area contributed by atoms with Crippen molar-refractivity contribution < 1.29 is 4.79 Å². The molecule has 4 nitrogen and oxygen atoms in total. The Kier molecular flexibility index (Phi) is 3.92. The number of carbonyl (C=O) groups excluding carboxylic acids is 1. The molecule has 0 bridgehead atoms. The molecule has 0 fully saturated rings. The van der Waals surface area contributed by atoms with Crippen LogP contribution in [0, 0.1) is 6.92 Å². The van der Waals surface area contributed by atoms with Gasteiger partial charge in [-0.05, 0) is 31.2 Å². The van der Waals surface area contributed by atoms with Crippen LogP contribution in [0.5, 0.6) is 0 Å². The van der Waals surface area contributed by atoms with E-state index in [9.17, 15) is 4.79 Å². The summed E-state index contributed by atoms with van der Waals surface area (Å²) in [5, 5.41) is 2.84. The fraction of sp³-hybridized carbons (Fsp3) is 0.0556. The first kappa shape index (κ1) is 13.9. The Morgan fingerprint density at radius 2 is 1.82 bits per heavy atom. The number of benzene rings is 1. The second kappa shape index (κ2) is 6.18. The van der Waals surface area contributed by atoms with Crippen LogP contribution in [0.3, 0.4) is 0 Å². The van der Waals surface area contributed by atoms with E-state index in [4.69, 9.17) is 0 Å². The second-order valence-electron chi connectivity index (χ2n) is 4.94. The number of carbonyl (C=O) groups is 1. The number of aryl methyl sites for hydroxylation is 1. The molecular formula is C18H15N3O. The van der Waals surface area contributed by atoms with Crippen LogP contribution in [0.4, 0.5) is 5.69 Å². The fourth-order valence-electron chi connectivity index (χ4n) is 2.13. The summed E-state index contributed by atoms with van der Waals surface area (Å²) >= 11 is 0. The fourth-order valence-corrected chi connectivity index (χ4v) is 2.13. The van der Waals surface area contributed by atoms with Crippen LogP contribution >= 0.6 is 0 Å². The molecule has 3 rings (SSSR count). The number of pyridine rings is 2. The zero-order chi connectivity index (χ0) is 15.4. The van der Waals surface area contributed by atoms with Crippen molar-refractivity contribution in [3.8, 4) is 11.3 Å². The predicted molar refractivity (Wildman–Crippen MR) is 86.6 cm³/mol. The van der Waals surface area contributed by atoms with E-state index in [1.165, 1.54) is 0 Å². The topological polar surface area (TPSA) is 54.9 Å². The highest BCUT2D eigenvalue weighted by atomic mass is 16.1. The molecule has 0 atom stereocenters. The van der Waals surface area contributed by atoms with Crippen molar-refractivity contribution in [1.82, 2.24) is 9.97 Å². The number of hydrogen-bond acceptors (Lipinski definition) is 3. The van der Waals surface area contributed by atoms with E-state index in [-0.39, 0.29) is 5.91 Å². The van der Waals surface area contributed by atoms with Gasteiger partial charge in [0, 0.05) is 29.3 Å². The van der Waals surface area contributed by atoms with E-state index in [0.717, 1.165) is 22.6 Å². The van der Waals surface area contributed by atoms with Gasteiger partial charge in [0.2, 0.25) is 0 Å². The number of nitrogens with zero attached hydrogens (tertiary/aromatic N) is 2. The molecule has 1 amide bonds. The largest absolute Gasteiger partial charge is 0.322 e. The lowest BCUT2D eigenvalue weighted by molar-refractivity contribution is 0.102. The third-order valence-corrected chi connectivity index (χ3v) is 3.25. The van der Waals surface area contributed by atoms with Crippen molar-refractivity contribution in [2.75, 3.05) is 5.32 Å². The van der Waals surface area contributed by atoms with Crippen LogP contribution in [0.25, 0.3) is 11.3 Å². The van der Waals surface area contributed by atoms with Gasteiger partial charge in [0.1, 0.15) is 0 Å². The van der Waals surface area contributed by atoms with Crippen LogP contribution < -0.4 is 5.32 Å². The van der Waals surface area contributed by atoms with Gasteiger partial charge < -0.3 is 5.32 Å². The summed E-state index contributed by atoms with van der Waals surface area (Å²) in [5.74, 6) is -0.183. The number of hydrogen-bond donors (Lipinski definition) is 1. The molecule has 0 aliphatic heterocycles. The van der Waals surface area contributed by atoms with E-state index >= 15 is 0 Å². The highest BCUT2D eigenvalue weighted by Crippen LogP contribution is 2.17. The van der Waals surface area contributed by atoms with Gasteiger partial charge in [-0.15, -0.1) is 0 Å². The van der Waals surface area contributed by atoms with Crippen LogP contribution in [-0.4, -0.2) is 15.9 Å². The van der Waals surface area contributed by atoms with Gasteiger partial charge in [-0.2, -0.15) is 0 Å². The van der Waals surface area contributed by atoms with Crippen molar-refractivity contribution in [1.29, 1.82) is 0 Å². The number of aromatic nitrogens is 2. The molecule has 0 aliphatic carbocycles. The maximum Gasteiger partial charge on any atom is 0.257 e. The summed E-state index contributed by atoms with van der Waals surface area (Å²) in [6.45, 7) is 1.88. The SMILES string of the molecule is Cc1cc(NC(=O)c2ccc(-c3ccccc3)nc2)ccn1. The zero-order valence-electron chi connectivity index (χ0n) is 12.2. The summed E-state index contributed by atoms with van der Waals surface area (Å²) in [6, 6.07) is 17.1. The van der Waals surface area contributed by atoms with E-state index in [2.05, 4.69) is 15.3 Å². The lowest BCUT2D eigenvalue weighted by atomic mass is 10.1. The molecule has 0 saturated heterocycles. The van der Waals surface area contributed by atoms with Gasteiger partial charge in [-0.3, -0.25) is 14.8 Å². The Labute approximate surface area is 128 Å². The van der Waals surface area contributed by atoms with Gasteiger partial charge in [0.05, 0.1) is 11.3 Å². The summed E-state index contributed by atoms with van der Waals surface area (Å²) in [7, 11) is 0. The lowest BCUT2D eigenvalue weighted by Gasteiger charge is -2.06. The van der Waals surface area contributed by atoms with Crippen molar-refractivity contribution in [3.05, 3.63) is 78.2 Å². The third-order valence-electron chi connectivity index (χ3n) is 3.25. The molecule has 0 unspecified atom stereocenters. The first-order valence-corrected chi connectivity index (χ1v) is 6.98. The normalized spacial score (nSPS) is 10.2. The summed E-state index contributed by atoms with van der Waals surface area (Å²) in [6.07, 6.45) is 3.26. The van der Waals surface area contributed by atoms with Gasteiger partial charge in [0.15, 0.2) is 0 Å². The summed E-state index contributed by atoms with van der Waals surface area (Å²) in [4.78, 5) is 20.7. The Morgan fingerprint density at radius 3 is 2.50 bits per heavy atom. The molecule has 2 heterocycles. The molecule has 2 aromatic heterocycles. The monoisotopic (exact) mass is 289 g/mol. The van der Waals surface area contributed by atoms with E-state index < -0.39 is 0 Å². The molecule has 0 aliphatic rings. The van der Waals surface area contributed by atoms with Gasteiger partial charge >= 0.3 is 0 Å². The van der Waals surface area contributed by atoms with E-state index in [0.29, 0.717) is 5.56 Å². The van der Waals surface area contributed by atoms with E-state index in [1.54, 1.807) is 24.5 Å². The predicted octanol–water partition coefficient (Wildman–Crippen LogP) is 3.70. The molecule has 1 aromatic carbocycles. The minimum absolute atomic E-state index is 0.183. The number of anilines is 1. The molecule has 0 saturated carbocycles. The third kappa shape index (κ3) is 3.17. The smallest absolute Gasteiger partial charge is 0.257 e. The summed E-state index contributed by atoms with van der Waals surface area (Å²) < 4.78 is 0. The Balaban J connectivity index is 1.76. The Morgan fingerprint density at radius 1 is 1.00 bits per heavy atom. The van der Waals surface area contributed by atoms with Crippen molar-refractivity contribution in [2.45, 2.75) is 6.92 Å². The maximum absolute atomic E-state index is 12.2.